The number of ether oxygens (including phenoxy) is 1. The van der Waals surface area contributed by atoms with Crippen molar-refractivity contribution in [2.75, 3.05) is 27.7 Å². The Labute approximate surface area is 226 Å². The summed E-state index contributed by atoms with van der Waals surface area (Å²) in [5.41, 5.74) is 2.20. The predicted octanol–water partition coefficient (Wildman–Crippen LogP) is 2.05. The van der Waals surface area contributed by atoms with Crippen molar-refractivity contribution in [1.29, 1.82) is 0 Å². The van der Waals surface area contributed by atoms with Crippen LogP contribution in [0.15, 0.2) is 28.7 Å². The lowest BCUT2D eigenvalue weighted by atomic mass is 9.58. The van der Waals surface area contributed by atoms with Gasteiger partial charge < -0.3 is 31.1 Å². The first kappa shape index (κ1) is 28.7. The summed E-state index contributed by atoms with van der Waals surface area (Å²) in [6.07, 6.45) is 0.00550. The van der Waals surface area contributed by atoms with Gasteiger partial charge in [-0.15, -0.1) is 0 Å². The minimum absolute atomic E-state index is 0.0182. The molecule has 0 spiro atoms. The van der Waals surface area contributed by atoms with Gasteiger partial charge in [0.05, 0.1) is 11.6 Å². The van der Waals surface area contributed by atoms with Gasteiger partial charge in [0.1, 0.15) is 28.7 Å². The zero-order valence-electron chi connectivity index (χ0n) is 23.0. The fourth-order valence-corrected chi connectivity index (χ4v) is 6.35. The predicted molar refractivity (Wildman–Crippen MR) is 140 cm³/mol. The van der Waals surface area contributed by atoms with Crippen molar-refractivity contribution in [2.45, 2.75) is 51.8 Å². The highest BCUT2D eigenvalue weighted by atomic mass is 19.1. The number of allylic oxidation sites excluding steroid dienone is 1. The fraction of sp³-hybridized carbons (Fsp3) is 0.536. The second-order valence-electron chi connectivity index (χ2n) is 12.0. The van der Waals surface area contributed by atoms with Crippen molar-refractivity contribution in [1.82, 2.24) is 10.2 Å². The molecule has 0 fully saturated rings. The molecule has 0 aromatic heterocycles. The number of carbonyl (C=O) groups excluding carboxylic acids is 3. The number of amides is 1. The SMILES string of the molecule is CO[C@@]12C(=O)C(C(N)=O)=C(O)[C@@H](N(C)C)[C@@H]1C[C@@H]1Cc3c(F)cc(CNCC(C)(C)C)c(O)c3C(=O)C1=C2O. The maximum atomic E-state index is 15.4. The molecule has 0 radical (unpaired) electrons. The fourth-order valence-electron chi connectivity index (χ4n) is 6.35. The van der Waals surface area contributed by atoms with E-state index in [0.29, 0.717) is 6.54 Å². The summed E-state index contributed by atoms with van der Waals surface area (Å²) in [7, 11) is 4.38. The van der Waals surface area contributed by atoms with Crippen LogP contribution in [-0.4, -0.2) is 77.1 Å². The Morgan fingerprint density at radius 2 is 1.90 bits per heavy atom. The number of nitrogens with two attached hydrogens (primary N) is 1. The van der Waals surface area contributed by atoms with Crippen molar-refractivity contribution >= 4 is 17.5 Å². The van der Waals surface area contributed by atoms with Gasteiger partial charge in [-0.2, -0.15) is 0 Å². The largest absolute Gasteiger partial charge is 0.510 e. The molecule has 1 aromatic carbocycles. The smallest absolute Gasteiger partial charge is 0.255 e. The number of primary amides is 1. The molecule has 0 bridgehead atoms. The molecule has 4 rings (SSSR count). The molecule has 4 atom stereocenters. The number of hydrogen-bond donors (Lipinski definition) is 5. The Balaban J connectivity index is 1.88. The summed E-state index contributed by atoms with van der Waals surface area (Å²) in [5, 5.41) is 36.7. The van der Waals surface area contributed by atoms with E-state index in [9.17, 15) is 29.7 Å². The second-order valence-corrected chi connectivity index (χ2v) is 12.0. The van der Waals surface area contributed by atoms with Crippen LogP contribution in [0, 0.1) is 23.1 Å². The molecule has 10 nitrogen and oxygen atoms in total. The highest BCUT2D eigenvalue weighted by Gasteiger charge is 2.64. The molecule has 1 amide bonds. The first-order chi connectivity index (χ1) is 18.1. The molecule has 3 aliphatic carbocycles. The standard InChI is InChI=1S/C28H36FN3O7/c1-27(2,3)11-31-10-13-9-16(29)14-7-12-8-15-20(32(4)5)23(35)19(26(30)38)25(37)28(15,39-6)24(36)17(12)22(34)18(14)21(13)33/h9,12,15,20,31,33,35-36H,7-8,10-11H2,1-6H3,(H2,30,38)/t12-,15-,20-,28-/m0/s1. The first-order valence-electron chi connectivity index (χ1n) is 12.8. The highest BCUT2D eigenvalue weighted by Crippen LogP contribution is 2.53. The lowest BCUT2D eigenvalue weighted by molar-refractivity contribution is -0.154. The molecular weight excluding hydrogens is 509 g/mol. The van der Waals surface area contributed by atoms with E-state index in [4.69, 9.17) is 10.5 Å². The number of benzene rings is 1. The number of Topliss-reactive ketones (excluding diaryl/α,β-unsaturated/α-hetero) is 2. The molecule has 0 saturated heterocycles. The quantitative estimate of drug-likeness (QED) is 0.337. The molecule has 1 aromatic rings. The van der Waals surface area contributed by atoms with Gasteiger partial charge in [-0.1, -0.05) is 20.8 Å². The number of aliphatic hydroxyl groups excluding tert-OH is 2. The zero-order chi connectivity index (χ0) is 29.2. The van der Waals surface area contributed by atoms with Gasteiger partial charge in [0.2, 0.25) is 5.78 Å². The summed E-state index contributed by atoms with van der Waals surface area (Å²) in [6.45, 7) is 6.72. The number of halogens is 1. The molecule has 0 heterocycles. The Bertz CT molecular complexity index is 1330. The zero-order valence-corrected chi connectivity index (χ0v) is 23.0. The van der Waals surface area contributed by atoms with Gasteiger partial charge in [-0.05, 0) is 44.3 Å². The molecule has 0 aliphatic heterocycles. The van der Waals surface area contributed by atoms with Crippen molar-refractivity contribution in [2.24, 2.45) is 23.0 Å². The van der Waals surface area contributed by atoms with Gasteiger partial charge in [0.25, 0.3) is 5.91 Å². The lowest BCUT2D eigenvalue weighted by Crippen LogP contribution is -2.64. The van der Waals surface area contributed by atoms with E-state index in [1.54, 1.807) is 19.0 Å². The van der Waals surface area contributed by atoms with E-state index in [-0.39, 0.29) is 47.1 Å². The number of methoxy groups -OCH3 is 1. The summed E-state index contributed by atoms with van der Waals surface area (Å²) >= 11 is 0. The monoisotopic (exact) mass is 545 g/mol. The summed E-state index contributed by atoms with van der Waals surface area (Å²) in [6, 6.07) is 0.230. The summed E-state index contributed by atoms with van der Waals surface area (Å²) < 4.78 is 21.0. The number of nitrogens with zero attached hydrogens (tertiary/aromatic N) is 1. The molecule has 6 N–H and O–H groups in total. The van der Waals surface area contributed by atoms with E-state index in [2.05, 4.69) is 5.32 Å². The van der Waals surface area contributed by atoms with E-state index in [0.717, 1.165) is 7.11 Å². The maximum Gasteiger partial charge on any atom is 0.255 e. The second kappa shape index (κ2) is 9.72. The summed E-state index contributed by atoms with van der Waals surface area (Å²) in [5.74, 6) is -7.09. The van der Waals surface area contributed by atoms with Gasteiger partial charge in [0.15, 0.2) is 11.4 Å². The van der Waals surface area contributed by atoms with Crippen LogP contribution < -0.4 is 11.1 Å². The van der Waals surface area contributed by atoms with E-state index >= 15 is 4.39 Å². The molecule has 3 aliphatic rings. The molecule has 212 valence electrons. The molecular formula is C28H36FN3O7. The summed E-state index contributed by atoms with van der Waals surface area (Å²) in [4.78, 5) is 41.3. The number of fused-ring (bicyclic) bond motifs is 3. The highest BCUT2D eigenvalue weighted by molar-refractivity contribution is 6.25. The van der Waals surface area contributed by atoms with Crippen LogP contribution in [0.25, 0.3) is 0 Å². The van der Waals surface area contributed by atoms with Crippen LogP contribution in [0.4, 0.5) is 4.39 Å². The van der Waals surface area contributed by atoms with Crippen molar-refractivity contribution in [3.63, 3.8) is 0 Å². The molecule has 11 heteroatoms. The number of rotatable bonds is 6. The van der Waals surface area contributed by atoms with Gasteiger partial charge in [-0.3, -0.25) is 19.3 Å². The van der Waals surface area contributed by atoms with Gasteiger partial charge >= 0.3 is 0 Å². The third-order valence-electron chi connectivity index (χ3n) is 8.01. The van der Waals surface area contributed by atoms with Crippen LogP contribution in [0.1, 0.15) is 48.7 Å². The van der Waals surface area contributed by atoms with Crippen LogP contribution in [0.3, 0.4) is 0 Å². The maximum absolute atomic E-state index is 15.4. The number of carbonyl (C=O) groups is 3. The third-order valence-corrected chi connectivity index (χ3v) is 8.01. The van der Waals surface area contributed by atoms with Gasteiger partial charge in [-0.25, -0.2) is 4.39 Å². The number of ketones is 2. The lowest BCUT2D eigenvalue weighted by Gasteiger charge is -2.51. The van der Waals surface area contributed by atoms with Gasteiger partial charge in [0, 0.05) is 42.8 Å². The van der Waals surface area contributed by atoms with Crippen molar-refractivity contribution in [3.8, 4) is 5.75 Å². The Morgan fingerprint density at radius 3 is 2.44 bits per heavy atom. The topological polar surface area (TPSA) is 162 Å². The van der Waals surface area contributed by atoms with Crippen LogP contribution in [0.5, 0.6) is 5.75 Å². The molecule has 0 unspecified atom stereocenters. The average molecular weight is 546 g/mol. The van der Waals surface area contributed by atoms with Crippen LogP contribution >= 0.6 is 0 Å². The molecule has 39 heavy (non-hydrogen) atoms. The number of hydrogen-bond acceptors (Lipinski definition) is 9. The Morgan fingerprint density at radius 1 is 1.26 bits per heavy atom. The van der Waals surface area contributed by atoms with E-state index < -0.39 is 69.6 Å². The van der Waals surface area contributed by atoms with Crippen LogP contribution in [-0.2, 0) is 27.3 Å². The number of likely N-dealkylation sites (N-methyl/N-ethyl adjacent to an activating group) is 1. The minimum atomic E-state index is -2.19. The van der Waals surface area contributed by atoms with Crippen LogP contribution in [0.2, 0.25) is 0 Å². The number of phenols is 1. The average Bonchev–Trinajstić information content (AvgIpc) is 2.80. The van der Waals surface area contributed by atoms with E-state index in [1.165, 1.54) is 6.07 Å². The van der Waals surface area contributed by atoms with Crippen molar-refractivity contribution in [3.05, 3.63) is 51.2 Å². The number of aromatic hydroxyl groups is 1. The first-order valence-corrected chi connectivity index (χ1v) is 12.8. The Hall–Kier alpha value is -3.28. The normalized spacial score (nSPS) is 27.0. The minimum Gasteiger partial charge on any atom is -0.510 e. The number of phenolic OH excluding ortho intramolecular Hbond substituents is 1. The van der Waals surface area contributed by atoms with E-state index in [1.807, 2.05) is 20.8 Å². The number of aliphatic hydroxyl groups is 2. The Kier molecular flexibility index (Phi) is 7.16. The third kappa shape index (κ3) is 4.32. The van der Waals surface area contributed by atoms with Crippen molar-refractivity contribution < 1.29 is 38.8 Å². The molecule has 0 saturated carbocycles. The number of nitrogens with one attached hydrogen (secondary N) is 1.